The normalized spacial score (nSPS) is 25.1. The number of ether oxygens (including phenoxy) is 1. The molecule has 2 N–H and O–H groups in total. The molecule has 2 unspecified atom stereocenters. The van der Waals surface area contributed by atoms with Gasteiger partial charge in [-0.1, -0.05) is 19.1 Å². The smallest absolute Gasteiger partial charge is 0.118 e. The highest BCUT2D eigenvalue weighted by Crippen LogP contribution is 2.16. The summed E-state index contributed by atoms with van der Waals surface area (Å²) in [7, 11) is 1.70. The molecule has 1 saturated heterocycles. The van der Waals surface area contributed by atoms with E-state index in [1.54, 1.807) is 7.11 Å². The van der Waals surface area contributed by atoms with Crippen molar-refractivity contribution in [1.82, 2.24) is 4.90 Å². The SMILES string of the molecule is COc1ccc(CCN2CC(C)CC(N)C2)cc1. The van der Waals surface area contributed by atoms with Crippen LogP contribution in [-0.2, 0) is 6.42 Å². The highest BCUT2D eigenvalue weighted by Gasteiger charge is 2.21. The van der Waals surface area contributed by atoms with Gasteiger partial charge < -0.3 is 15.4 Å². The highest BCUT2D eigenvalue weighted by atomic mass is 16.5. The predicted molar refractivity (Wildman–Crippen MR) is 74.9 cm³/mol. The molecule has 0 aliphatic carbocycles. The Labute approximate surface area is 110 Å². The van der Waals surface area contributed by atoms with Gasteiger partial charge in [-0.15, -0.1) is 0 Å². The topological polar surface area (TPSA) is 38.5 Å². The van der Waals surface area contributed by atoms with Gasteiger partial charge in [-0.25, -0.2) is 0 Å². The number of piperidine rings is 1. The minimum absolute atomic E-state index is 0.351. The van der Waals surface area contributed by atoms with Crippen molar-refractivity contribution in [2.24, 2.45) is 11.7 Å². The number of rotatable bonds is 4. The van der Waals surface area contributed by atoms with E-state index in [9.17, 15) is 0 Å². The van der Waals surface area contributed by atoms with E-state index >= 15 is 0 Å². The maximum atomic E-state index is 6.06. The van der Waals surface area contributed by atoms with Crippen molar-refractivity contribution in [2.45, 2.75) is 25.8 Å². The molecule has 2 atom stereocenters. The van der Waals surface area contributed by atoms with Gasteiger partial charge in [0, 0.05) is 25.7 Å². The molecule has 0 radical (unpaired) electrons. The molecule has 1 fully saturated rings. The van der Waals surface area contributed by atoms with Crippen molar-refractivity contribution in [1.29, 1.82) is 0 Å². The van der Waals surface area contributed by atoms with Crippen LogP contribution < -0.4 is 10.5 Å². The van der Waals surface area contributed by atoms with E-state index in [1.165, 1.54) is 18.5 Å². The Morgan fingerprint density at radius 3 is 2.61 bits per heavy atom. The third-order valence-corrected chi connectivity index (χ3v) is 3.64. The summed E-state index contributed by atoms with van der Waals surface area (Å²) in [6, 6.07) is 8.70. The van der Waals surface area contributed by atoms with Gasteiger partial charge in [-0.3, -0.25) is 0 Å². The minimum Gasteiger partial charge on any atom is -0.497 e. The molecule has 3 nitrogen and oxygen atoms in total. The fourth-order valence-electron chi connectivity index (χ4n) is 2.77. The zero-order chi connectivity index (χ0) is 13.0. The zero-order valence-electron chi connectivity index (χ0n) is 11.4. The van der Waals surface area contributed by atoms with Crippen molar-refractivity contribution in [2.75, 3.05) is 26.7 Å². The van der Waals surface area contributed by atoms with Gasteiger partial charge in [0.2, 0.25) is 0 Å². The van der Waals surface area contributed by atoms with Gasteiger partial charge in [0.05, 0.1) is 7.11 Å². The molecule has 0 bridgehead atoms. The summed E-state index contributed by atoms with van der Waals surface area (Å²) in [6.07, 6.45) is 2.25. The minimum atomic E-state index is 0.351. The van der Waals surface area contributed by atoms with Crippen LogP contribution in [0.2, 0.25) is 0 Å². The third-order valence-electron chi connectivity index (χ3n) is 3.64. The van der Waals surface area contributed by atoms with Crippen molar-refractivity contribution < 1.29 is 4.74 Å². The molecule has 1 aliphatic heterocycles. The number of methoxy groups -OCH3 is 1. The Hall–Kier alpha value is -1.06. The fraction of sp³-hybridized carbons (Fsp3) is 0.600. The lowest BCUT2D eigenvalue weighted by molar-refractivity contribution is 0.167. The molecule has 0 amide bonds. The van der Waals surface area contributed by atoms with E-state index < -0.39 is 0 Å². The molecule has 100 valence electrons. The first-order valence-corrected chi connectivity index (χ1v) is 6.78. The van der Waals surface area contributed by atoms with Crippen molar-refractivity contribution in [3.05, 3.63) is 29.8 Å². The van der Waals surface area contributed by atoms with Gasteiger partial charge in [0.15, 0.2) is 0 Å². The number of hydrogen-bond acceptors (Lipinski definition) is 3. The van der Waals surface area contributed by atoms with Crippen LogP contribution in [0.1, 0.15) is 18.9 Å². The highest BCUT2D eigenvalue weighted by molar-refractivity contribution is 5.27. The van der Waals surface area contributed by atoms with Crippen LogP contribution in [0.3, 0.4) is 0 Å². The summed E-state index contributed by atoms with van der Waals surface area (Å²) in [5, 5.41) is 0. The first-order chi connectivity index (χ1) is 8.67. The quantitative estimate of drug-likeness (QED) is 0.884. The molecule has 3 heteroatoms. The average Bonchev–Trinajstić information content (AvgIpc) is 2.36. The van der Waals surface area contributed by atoms with Crippen LogP contribution in [0.4, 0.5) is 0 Å². The standard InChI is InChI=1S/C15H24N2O/c1-12-9-14(16)11-17(10-12)8-7-13-3-5-15(18-2)6-4-13/h3-6,12,14H,7-11,16H2,1-2H3. The van der Waals surface area contributed by atoms with E-state index in [0.29, 0.717) is 6.04 Å². The lowest BCUT2D eigenvalue weighted by Gasteiger charge is -2.34. The molecule has 18 heavy (non-hydrogen) atoms. The lowest BCUT2D eigenvalue weighted by atomic mass is 9.96. The monoisotopic (exact) mass is 248 g/mol. The Kier molecular flexibility index (Phi) is 4.61. The molecule has 0 spiro atoms. The average molecular weight is 248 g/mol. The Morgan fingerprint density at radius 1 is 1.28 bits per heavy atom. The number of nitrogens with zero attached hydrogens (tertiary/aromatic N) is 1. The van der Waals surface area contributed by atoms with Crippen LogP contribution in [0.15, 0.2) is 24.3 Å². The van der Waals surface area contributed by atoms with Gasteiger partial charge in [-0.05, 0) is 36.5 Å². The summed E-state index contributed by atoms with van der Waals surface area (Å²) in [4.78, 5) is 2.49. The molecule has 1 aliphatic rings. The second-order valence-corrected chi connectivity index (χ2v) is 5.46. The molecular formula is C15H24N2O. The second-order valence-electron chi connectivity index (χ2n) is 5.46. The summed E-state index contributed by atoms with van der Waals surface area (Å²) in [5.41, 5.74) is 7.43. The molecule has 0 saturated carbocycles. The molecule has 1 aromatic carbocycles. The van der Waals surface area contributed by atoms with Crippen molar-refractivity contribution >= 4 is 0 Å². The molecule has 1 heterocycles. The summed E-state index contributed by atoms with van der Waals surface area (Å²) < 4.78 is 5.16. The molecule has 1 aromatic rings. The zero-order valence-corrected chi connectivity index (χ0v) is 11.4. The van der Waals surface area contributed by atoms with Gasteiger partial charge in [0.1, 0.15) is 5.75 Å². The van der Waals surface area contributed by atoms with Gasteiger partial charge in [-0.2, -0.15) is 0 Å². The molecular weight excluding hydrogens is 224 g/mol. The first kappa shape index (κ1) is 13.4. The van der Waals surface area contributed by atoms with Crippen LogP contribution in [0.25, 0.3) is 0 Å². The largest absolute Gasteiger partial charge is 0.497 e. The Balaban J connectivity index is 1.83. The van der Waals surface area contributed by atoms with E-state index in [2.05, 4.69) is 24.0 Å². The van der Waals surface area contributed by atoms with Crippen LogP contribution in [0, 0.1) is 5.92 Å². The van der Waals surface area contributed by atoms with Crippen molar-refractivity contribution in [3.8, 4) is 5.75 Å². The van der Waals surface area contributed by atoms with E-state index in [4.69, 9.17) is 10.5 Å². The van der Waals surface area contributed by atoms with E-state index in [-0.39, 0.29) is 0 Å². The summed E-state index contributed by atoms with van der Waals surface area (Å²) in [5.74, 6) is 1.65. The number of likely N-dealkylation sites (tertiary alicyclic amines) is 1. The predicted octanol–water partition coefficient (Wildman–Crippen LogP) is 1.91. The van der Waals surface area contributed by atoms with Gasteiger partial charge in [0.25, 0.3) is 0 Å². The van der Waals surface area contributed by atoms with Gasteiger partial charge >= 0.3 is 0 Å². The number of benzene rings is 1. The molecule has 2 rings (SSSR count). The van der Waals surface area contributed by atoms with E-state index in [1.807, 2.05) is 12.1 Å². The third kappa shape index (κ3) is 3.72. The summed E-state index contributed by atoms with van der Waals surface area (Å²) >= 11 is 0. The molecule has 0 aromatic heterocycles. The maximum Gasteiger partial charge on any atom is 0.118 e. The van der Waals surface area contributed by atoms with E-state index in [0.717, 1.165) is 31.2 Å². The van der Waals surface area contributed by atoms with Crippen LogP contribution >= 0.6 is 0 Å². The van der Waals surface area contributed by atoms with Crippen LogP contribution in [-0.4, -0.2) is 37.7 Å². The first-order valence-electron chi connectivity index (χ1n) is 6.78. The Bertz CT molecular complexity index is 353. The lowest BCUT2D eigenvalue weighted by Crippen LogP contribution is -2.46. The van der Waals surface area contributed by atoms with Crippen molar-refractivity contribution in [3.63, 3.8) is 0 Å². The van der Waals surface area contributed by atoms with Crippen LogP contribution in [0.5, 0.6) is 5.75 Å². The Morgan fingerprint density at radius 2 is 2.00 bits per heavy atom. The number of hydrogen-bond donors (Lipinski definition) is 1. The second kappa shape index (κ2) is 6.21. The number of nitrogens with two attached hydrogens (primary N) is 1. The fourth-order valence-corrected chi connectivity index (χ4v) is 2.77. The maximum absolute atomic E-state index is 6.06. The summed E-state index contributed by atoms with van der Waals surface area (Å²) in [6.45, 7) is 5.62.